The molecule has 0 aliphatic heterocycles. The molecule has 32 heavy (non-hydrogen) atoms. The number of hydrogen-bond donors (Lipinski definition) is 3. The highest BCUT2D eigenvalue weighted by molar-refractivity contribution is 7.92. The zero-order valence-corrected chi connectivity index (χ0v) is 17.4. The van der Waals surface area contributed by atoms with Crippen LogP contribution in [0.2, 0.25) is 0 Å². The monoisotopic (exact) mass is 460 g/mol. The van der Waals surface area contributed by atoms with E-state index in [1.807, 2.05) is 0 Å². The summed E-state index contributed by atoms with van der Waals surface area (Å²) in [6.45, 7) is 0. The molecule has 0 unspecified atom stereocenters. The highest BCUT2D eigenvalue weighted by atomic mass is 32.2. The van der Waals surface area contributed by atoms with Gasteiger partial charge in [-0.3, -0.25) is 14.8 Å². The van der Waals surface area contributed by atoms with Gasteiger partial charge in [0.15, 0.2) is 0 Å². The maximum atomic E-state index is 13.8. The third-order valence-electron chi connectivity index (χ3n) is 4.16. The summed E-state index contributed by atoms with van der Waals surface area (Å²) in [5.74, 6) is -0.301. The number of anilines is 3. The van der Waals surface area contributed by atoms with Gasteiger partial charge in [0.05, 0.1) is 17.7 Å². The minimum atomic E-state index is -4.27. The number of methoxy groups -OCH3 is 1. The number of rotatable bonds is 7. The molecule has 10 nitrogen and oxygen atoms in total. The van der Waals surface area contributed by atoms with Crippen molar-refractivity contribution in [1.82, 2.24) is 0 Å². The zero-order valence-electron chi connectivity index (χ0n) is 16.5. The van der Waals surface area contributed by atoms with Gasteiger partial charge in [0.1, 0.15) is 16.5 Å². The fraction of sp³-hybridized carbons (Fsp3) is 0.0500. The Labute approximate surface area is 182 Å². The Bertz CT molecular complexity index is 1250. The SMILES string of the molecule is COc1ccc(NS(=O)(=O)c2cc(F)ccc2NC(=O)Nc2ccc([N+](=O)[O-])cc2)cc1. The minimum Gasteiger partial charge on any atom is -0.497 e. The lowest BCUT2D eigenvalue weighted by Gasteiger charge is -2.14. The van der Waals surface area contributed by atoms with Crippen molar-refractivity contribution in [3.63, 3.8) is 0 Å². The maximum Gasteiger partial charge on any atom is 0.323 e. The van der Waals surface area contributed by atoms with Crippen LogP contribution in [0.15, 0.2) is 71.6 Å². The minimum absolute atomic E-state index is 0.160. The molecule has 0 heterocycles. The van der Waals surface area contributed by atoms with Crippen molar-refractivity contribution >= 4 is 38.8 Å². The third kappa shape index (κ3) is 5.49. The van der Waals surface area contributed by atoms with Crippen LogP contribution in [0.3, 0.4) is 0 Å². The van der Waals surface area contributed by atoms with E-state index in [4.69, 9.17) is 4.74 Å². The lowest BCUT2D eigenvalue weighted by atomic mass is 10.3. The number of nitrogens with one attached hydrogen (secondary N) is 3. The summed E-state index contributed by atoms with van der Waals surface area (Å²) in [5, 5.41) is 15.5. The van der Waals surface area contributed by atoms with Crippen LogP contribution in [0.4, 0.5) is 31.9 Å². The van der Waals surface area contributed by atoms with Crippen molar-refractivity contribution in [2.24, 2.45) is 0 Å². The van der Waals surface area contributed by atoms with Gasteiger partial charge < -0.3 is 15.4 Å². The molecule has 0 spiro atoms. The Morgan fingerprint density at radius 3 is 2.19 bits per heavy atom. The summed E-state index contributed by atoms with van der Waals surface area (Å²) in [6.07, 6.45) is 0. The molecule has 0 saturated heterocycles. The first-order valence-electron chi connectivity index (χ1n) is 8.97. The highest BCUT2D eigenvalue weighted by Crippen LogP contribution is 2.26. The number of carbonyl (C=O) groups excluding carboxylic acids is 1. The van der Waals surface area contributed by atoms with Gasteiger partial charge in [0, 0.05) is 23.5 Å². The largest absolute Gasteiger partial charge is 0.497 e. The summed E-state index contributed by atoms with van der Waals surface area (Å²) in [4.78, 5) is 21.9. The van der Waals surface area contributed by atoms with E-state index in [1.165, 1.54) is 43.5 Å². The second-order valence-corrected chi connectivity index (χ2v) is 8.01. The molecule has 0 radical (unpaired) electrons. The predicted molar refractivity (Wildman–Crippen MR) is 116 cm³/mol. The molecule has 3 rings (SSSR count). The Kier molecular flexibility index (Phi) is 6.54. The molecule has 3 aromatic rings. The molecule has 166 valence electrons. The topological polar surface area (TPSA) is 140 Å². The van der Waals surface area contributed by atoms with Crippen LogP contribution < -0.4 is 20.1 Å². The molecule has 0 bridgehead atoms. The van der Waals surface area contributed by atoms with Crippen molar-refractivity contribution in [1.29, 1.82) is 0 Å². The van der Waals surface area contributed by atoms with E-state index in [0.29, 0.717) is 5.75 Å². The number of sulfonamides is 1. The number of urea groups is 1. The van der Waals surface area contributed by atoms with Crippen LogP contribution >= 0.6 is 0 Å². The Hall–Kier alpha value is -4.19. The first kappa shape index (κ1) is 22.5. The van der Waals surface area contributed by atoms with E-state index in [2.05, 4.69) is 15.4 Å². The molecular weight excluding hydrogens is 443 g/mol. The molecule has 0 saturated carbocycles. The number of non-ortho nitro benzene ring substituents is 1. The first-order valence-corrected chi connectivity index (χ1v) is 10.4. The summed E-state index contributed by atoms with van der Waals surface area (Å²) < 4.78 is 46.8. The first-order chi connectivity index (χ1) is 15.2. The van der Waals surface area contributed by atoms with Crippen molar-refractivity contribution < 1.29 is 27.3 Å². The summed E-state index contributed by atoms with van der Waals surface area (Å²) in [6, 6.07) is 13.1. The molecule has 3 N–H and O–H groups in total. The van der Waals surface area contributed by atoms with E-state index in [1.54, 1.807) is 12.1 Å². The third-order valence-corrected chi connectivity index (χ3v) is 5.58. The molecule has 3 aromatic carbocycles. The number of carbonyl (C=O) groups is 1. The second-order valence-electron chi connectivity index (χ2n) is 6.36. The van der Waals surface area contributed by atoms with E-state index in [-0.39, 0.29) is 22.7 Å². The number of halogens is 1. The smallest absolute Gasteiger partial charge is 0.323 e. The van der Waals surface area contributed by atoms with Gasteiger partial charge in [-0.1, -0.05) is 0 Å². The van der Waals surface area contributed by atoms with Gasteiger partial charge in [-0.15, -0.1) is 0 Å². The van der Waals surface area contributed by atoms with Gasteiger partial charge >= 0.3 is 6.03 Å². The number of hydrogen-bond acceptors (Lipinski definition) is 6. The Morgan fingerprint density at radius 2 is 1.59 bits per heavy atom. The summed E-state index contributed by atoms with van der Waals surface area (Å²) in [5.41, 5.74) is 0.103. The van der Waals surface area contributed by atoms with Gasteiger partial charge in [-0.25, -0.2) is 17.6 Å². The summed E-state index contributed by atoms with van der Waals surface area (Å²) in [7, 11) is -2.80. The molecule has 0 aliphatic carbocycles. The number of nitro groups is 1. The van der Waals surface area contributed by atoms with Crippen LogP contribution in [0.5, 0.6) is 5.75 Å². The molecule has 2 amide bonds. The Balaban J connectivity index is 1.80. The van der Waals surface area contributed by atoms with Gasteiger partial charge in [0.2, 0.25) is 0 Å². The zero-order chi connectivity index (χ0) is 23.3. The number of benzene rings is 3. The van der Waals surface area contributed by atoms with Crippen LogP contribution in [-0.4, -0.2) is 26.5 Å². The van der Waals surface area contributed by atoms with Gasteiger partial charge in [0.25, 0.3) is 15.7 Å². The number of nitrogens with zero attached hydrogens (tertiary/aromatic N) is 1. The van der Waals surface area contributed by atoms with E-state index < -0.39 is 31.7 Å². The molecular formula is C20H17FN4O6S. The van der Waals surface area contributed by atoms with Crippen LogP contribution in [0.25, 0.3) is 0 Å². The molecule has 0 fully saturated rings. The highest BCUT2D eigenvalue weighted by Gasteiger charge is 2.21. The van der Waals surface area contributed by atoms with Crippen LogP contribution in [0, 0.1) is 15.9 Å². The van der Waals surface area contributed by atoms with Crippen molar-refractivity contribution in [3.05, 3.63) is 82.7 Å². The van der Waals surface area contributed by atoms with Crippen LogP contribution in [0.1, 0.15) is 0 Å². The van der Waals surface area contributed by atoms with Crippen molar-refractivity contribution in [2.75, 3.05) is 22.5 Å². The fourth-order valence-electron chi connectivity index (χ4n) is 2.64. The Morgan fingerprint density at radius 1 is 0.969 bits per heavy atom. The summed E-state index contributed by atoms with van der Waals surface area (Å²) >= 11 is 0. The fourth-order valence-corrected chi connectivity index (χ4v) is 3.87. The molecule has 12 heteroatoms. The van der Waals surface area contributed by atoms with Crippen LogP contribution in [-0.2, 0) is 10.0 Å². The van der Waals surface area contributed by atoms with Gasteiger partial charge in [-0.05, 0) is 54.6 Å². The quantitative estimate of drug-likeness (QED) is 0.357. The maximum absolute atomic E-state index is 13.8. The predicted octanol–water partition coefficient (Wildman–Crippen LogP) is 4.19. The lowest BCUT2D eigenvalue weighted by molar-refractivity contribution is -0.384. The standard InChI is InChI=1S/C20H17FN4O6S/c1-31-17-9-5-15(6-10-17)24-32(29,30)19-12-13(21)2-11-18(19)23-20(26)22-14-3-7-16(8-4-14)25(27)28/h2-12,24H,1H3,(H2,22,23,26). The average molecular weight is 460 g/mol. The van der Waals surface area contributed by atoms with E-state index >= 15 is 0 Å². The van der Waals surface area contributed by atoms with E-state index in [9.17, 15) is 27.7 Å². The van der Waals surface area contributed by atoms with Gasteiger partial charge in [-0.2, -0.15) is 0 Å². The normalized spacial score (nSPS) is 10.8. The van der Waals surface area contributed by atoms with Crippen molar-refractivity contribution in [3.8, 4) is 5.75 Å². The number of ether oxygens (including phenoxy) is 1. The van der Waals surface area contributed by atoms with E-state index in [0.717, 1.165) is 18.2 Å². The number of amides is 2. The molecule has 0 aliphatic rings. The molecule has 0 atom stereocenters. The van der Waals surface area contributed by atoms with Crippen molar-refractivity contribution in [2.45, 2.75) is 4.90 Å². The molecule has 0 aromatic heterocycles. The lowest BCUT2D eigenvalue weighted by Crippen LogP contribution is -2.22. The second kappa shape index (κ2) is 9.31. The average Bonchev–Trinajstić information content (AvgIpc) is 2.75. The number of nitro benzene ring substituents is 1.